The fourth-order valence-electron chi connectivity index (χ4n) is 2.17. The topological polar surface area (TPSA) is 9.23 Å². The molecule has 0 radical (unpaired) electrons. The van der Waals surface area contributed by atoms with Crippen LogP contribution in [0.15, 0.2) is 30.3 Å². The average molecular weight is 196 g/mol. The van der Waals surface area contributed by atoms with E-state index >= 15 is 0 Å². The molecular formula is C14H12O. The van der Waals surface area contributed by atoms with E-state index in [4.69, 9.17) is 4.74 Å². The zero-order valence-corrected chi connectivity index (χ0v) is 8.66. The molecule has 2 aromatic carbocycles. The van der Waals surface area contributed by atoms with Crippen molar-refractivity contribution < 1.29 is 4.74 Å². The van der Waals surface area contributed by atoms with Crippen molar-refractivity contribution in [2.24, 2.45) is 0 Å². The summed E-state index contributed by atoms with van der Waals surface area (Å²) in [6.45, 7) is 2.73. The molecule has 0 N–H and O–H groups in total. The highest BCUT2D eigenvalue weighted by molar-refractivity contribution is 6.06. The van der Waals surface area contributed by atoms with Crippen molar-refractivity contribution in [3.05, 3.63) is 41.5 Å². The summed E-state index contributed by atoms with van der Waals surface area (Å²) in [6, 6.07) is 10.5. The molecule has 15 heavy (non-hydrogen) atoms. The zero-order chi connectivity index (χ0) is 10.3. The summed E-state index contributed by atoms with van der Waals surface area (Å²) in [6.07, 6.45) is 4.32. The first-order chi connectivity index (χ1) is 7.40. The highest BCUT2D eigenvalue weighted by atomic mass is 16.5. The van der Waals surface area contributed by atoms with E-state index in [-0.39, 0.29) is 0 Å². The van der Waals surface area contributed by atoms with Gasteiger partial charge in [-0.1, -0.05) is 36.4 Å². The number of benzene rings is 2. The van der Waals surface area contributed by atoms with Crippen molar-refractivity contribution in [2.45, 2.75) is 6.92 Å². The number of ether oxygens (including phenoxy) is 1. The SMILES string of the molecule is CCOc1ccc2c3c(cccc13)C=C2. The Morgan fingerprint density at radius 3 is 2.60 bits per heavy atom. The molecule has 1 nitrogen and oxygen atoms in total. The summed E-state index contributed by atoms with van der Waals surface area (Å²) in [5.74, 6) is 0.988. The maximum atomic E-state index is 5.63. The quantitative estimate of drug-likeness (QED) is 0.607. The second-order valence-electron chi connectivity index (χ2n) is 3.69. The van der Waals surface area contributed by atoms with Crippen molar-refractivity contribution >= 4 is 22.9 Å². The van der Waals surface area contributed by atoms with Crippen LogP contribution in [0.2, 0.25) is 0 Å². The normalized spacial score (nSPS) is 12.3. The van der Waals surface area contributed by atoms with Gasteiger partial charge in [0.05, 0.1) is 6.61 Å². The summed E-state index contributed by atoms with van der Waals surface area (Å²) in [5, 5.41) is 2.54. The lowest BCUT2D eigenvalue weighted by Crippen LogP contribution is -1.92. The summed E-state index contributed by atoms with van der Waals surface area (Å²) >= 11 is 0. The molecule has 0 aliphatic heterocycles. The number of hydrogen-bond donors (Lipinski definition) is 0. The molecule has 0 bridgehead atoms. The average Bonchev–Trinajstić information content (AvgIpc) is 2.68. The lowest BCUT2D eigenvalue weighted by atomic mass is 10.0. The Morgan fingerprint density at radius 1 is 1.00 bits per heavy atom. The van der Waals surface area contributed by atoms with Gasteiger partial charge in [-0.25, -0.2) is 0 Å². The van der Waals surface area contributed by atoms with Crippen LogP contribution in [0.4, 0.5) is 0 Å². The number of hydrogen-bond acceptors (Lipinski definition) is 1. The van der Waals surface area contributed by atoms with Crippen molar-refractivity contribution in [2.75, 3.05) is 6.61 Å². The van der Waals surface area contributed by atoms with Gasteiger partial charge in [-0.15, -0.1) is 0 Å². The molecule has 0 unspecified atom stereocenters. The number of rotatable bonds is 2. The molecule has 0 spiro atoms. The summed E-state index contributed by atoms with van der Waals surface area (Å²) < 4.78 is 5.63. The van der Waals surface area contributed by atoms with Gasteiger partial charge in [0.15, 0.2) is 0 Å². The molecule has 0 saturated carbocycles. The van der Waals surface area contributed by atoms with Gasteiger partial charge in [-0.3, -0.25) is 0 Å². The molecule has 0 fully saturated rings. The van der Waals surface area contributed by atoms with Gasteiger partial charge in [-0.2, -0.15) is 0 Å². The third-order valence-electron chi connectivity index (χ3n) is 2.81. The molecule has 0 saturated heterocycles. The molecular weight excluding hydrogens is 184 g/mol. The standard InChI is InChI=1S/C14H12O/c1-2-15-13-9-8-11-7-6-10-4-3-5-12(13)14(10)11/h3-9H,2H2,1H3. The molecule has 1 aliphatic rings. The minimum Gasteiger partial charge on any atom is -0.493 e. The first-order valence-electron chi connectivity index (χ1n) is 5.27. The van der Waals surface area contributed by atoms with Gasteiger partial charge in [0.1, 0.15) is 5.75 Å². The van der Waals surface area contributed by atoms with E-state index in [0.717, 1.165) is 5.75 Å². The molecule has 0 aromatic heterocycles. The van der Waals surface area contributed by atoms with Gasteiger partial charge in [0.25, 0.3) is 0 Å². The monoisotopic (exact) mass is 196 g/mol. The van der Waals surface area contributed by atoms with Gasteiger partial charge in [0, 0.05) is 5.39 Å². The molecule has 0 amide bonds. The zero-order valence-electron chi connectivity index (χ0n) is 8.66. The Balaban J connectivity index is 2.36. The molecule has 1 aliphatic carbocycles. The van der Waals surface area contributed by atoms with Crippen LogP contribution in [-0.2, 0) is 0 Å². The van der Waals surface area contributed by atoms with Crippen LogP contribution in [0, 0.1) is 0 Å². The molecule has 2 aromatic rings. The summed E-state index contributed by atoms with van der Waals surface area (Å²) in [7, 11) is 0. The first kappa shape index (κ1) is 8.54. The fraction of sp³-hybridized carbons (Fsp3) is 0.143. The fourth-order valence-corrected chi connectivity index (χ4v) is 2.17. The van der Waals surface area contributed by atoms with Crippen LogP contribution >= 0.6 is 0 Å². The van der Waals surface area contributed by atoms with Crippen molar-refractivity contribution in [1.82, 2.24) is 0 Å². The Morgan fingerprint density at radius 2 is 1.80 bits per heavy atom. The van der Waals surface area contributed by atoms with Crippen LogP contribution < -0.4 is 4.74 Å². The van der Waals surface area contributed by atoms with Gasteiger partial charge < -0.3 is 4.74 Å². The second-order valence-corrected chi connectivity index (χ2v) is 3.69. The summed E-state index contributed by atoms with van der Waals surface area (Å²) in [5.41, 5.74) is 2.59. The van der Waals surface area contributed by atoms with E-state index < -0.39 is 0 Å². The Hall–Kier alpha value is -1.76. The maximum absolute atomic E-state index is 5.63. The predicted molar refractivity (Wildman–Crippen MR) is 64.0 cm³/mol. The van der Waals surface area contributed by atoms with E-state index in [1.165, 1.54) is 21.9 Å². The molecule has 0 heterocycles. The lowest BCUT2D eigenvalue weighted by molar-refractivity contribution is 0.344. The first-order valence-corrected chi connectivity index (χ1v) is 5.27. The molecule has 0 atom stereocenters. The van der Waals surface area contributed by atoms with Crippen molar-refractivity contribution in [3.63, 3.8) is 0 Å². The largest absolute Gasteiger partial charge is 0.493 e. The maximum Gasteiger partial charge on any atom is 0.127 e. The smallest absolute Gasteiger partial charge is 0.127 e. The third kappa shape index (κ3) is 1.16. The van der Waals surface area contributed by atoms with Crippen molar-refractivity contribution in [1.29, 1.82) is 0 Å². The van der Waals surface area contributed by atoms with Gasteiger partial charge in [-0.05, 0) is 29.5 Å². The van der Waals surface area contributed by atoms with E-state index in [0.29, 0.717) is 6.61 Å². The summed E-state index contributed by atoms with van der Waals surface area (Å²) in [4.78, 5) is 0. The van der Waals surface area contributed by atoms with E-state index in [1.54, 1.807) is 0 Å². The Kier molecular flexibility index (Phi) is 1.78. The second kappa shape index (κ2) is 3.13. The molecule has 3 rings (SSSR count). The highest BCUT2D eigenvalue weighted by Gasteiger charge is 2.11. The van der Waals surface area contributed by atoms with E-state index in [2.05, 4.69) is 42.5 Å². The Labute approximate surface area is 89.0 Å². The van der Waals surface area contributed by atoms with Gasteiger partial charge >= 0.3 is 0 Å². The Bertz CT molecular complexity index is 540. The van der Waals surface area contributed by atoms with Gasteiger partial charge in [0.2, 0.25) is 0 Å². The minimum absolute atomic E-state index is 0.714. The van der Waals surface area contributed by atoms with Crippen LogP contribution in [0.25, 0.3) is 22.9 Å². The molecule has 74 valence electrons. The van der Waals surface area contributed by atoms with Crippen molar-refractivity contribution in [3.8, 4) is 5.75 Å². The van der Waals surface area contributed by atoms with E-state index in [1.807, 2.05) is 6.92 Å². The highest BCUT2D eigenvalue weighted by Crippen LogP contribution is 2.36. The van der Waals surface area contributed by atoms with Crippen LogP contribution in [0.3, 0.4) is 0 Å². The van der Waals surface area contributed by atoms with Crippen LogP contribution in [-0.4, -0.2) is 6.61 Å². The van der Waals surface area contributed by atoms with E-state index in [9.17, 15) is 0 Å². The molecule has 1 heteroatoms. The van der Waals surface area contributed by atoms with Crippen LogP contribution in [0.5, 0.6) is 5.75 Å². The minimum atomic E-state index is 0.714. The third-order valence-corrected chi connectivity index (χ3v) is 2.81. The predicted octanol–water partition coefficient (Wildman–Crippen LogP) is 3.72. The lowest BCUT2D eigenvalue weighted by Gasteiger charge is -2.08. The van der Waals surface area contributed by atoms with Crippen LogP contribution in [0.1, 0.15) is 18.1 Å².